The molecule has 0 saturated heterocycles. The van der Waals surface area contributed by atoms with Crippen LogP contribution in [0.25, 0.3) is 0 Å². The summed E-state index contributed by atoms with van der Waals surface area (Å²) in [6.45, 7) is 11.3. The minimum absolute atomic E-state index is 0.0660. The minimum Gasteiger partial charge on any atom is -0.462 e. The van der Waals surface area contributed by atoms with E-state index >= 15 is 0 Å². The summed E-state index contributed by atoms with van der Waals surface area (Å²) in [5.74, 6) is 0.818. The van der Waals surface area contributed by atoms with Crippen LogP contribution in [0.3, 0.4) is 0 Å². The molecule has 0 spiro atoms. The van der Waals surface area contributed by atoms with Crippen molar-refractivity contribution in [2.24, 2.45) is 11.8 Å². The Morgan fingerprint density at radius 2 is 0.731 bits per heavy atom. The van der Waals surface area contributed by atoms with Crippen LogP contribution in [0.1, 0.15) is 247 Å². The van der Waals surface area contributed by atoms with Crippen molar-refractivity contribution in [2.45, 2.75) is 253 Å². The maximum atomic E-state index is 12.6. The van der Waals surface area contributed by atoms with Gasteiger partial charge in [-0.3, -0.25) is 14.4 Å². The van der Waals surface area contributed by atoms with Crippen molar-refractivity contribution in [3.63, 3.8) is 0 Å². The number of rotatable bonds is 40. The van der Waals surface area contributed by atoms with Gasteiger partial charge in [-0.25, -0.2) is 0 Å². The van der Waals surface area contributed by atoms with E-state index in [0.29, 0.717) is 19.3 Å². The molecule has 0 bridgehead atoms. The fourth-order valence-corrected chi connectivity index (χ4v) is 6.72. The molecule has 0 amide bonds. The second kappa shape index (κ2) is 39.1. The first kappa shape index (κ1) is 50.4. The number of esters is 3. The highest BCUT2D eigenvalue weighted by atomic mass is 16.6. The average Bonchev–Trinajstić information content (AvgIpc) is 3.12. The summed E-state index contributed by atoms with van der Waals surface area (Å²) in [6.07, 6.45) is 36.9. The van der Waals surface area contributed by atoms with Crippen LogP contribution in [-0.2, 0) is 28.6 Å². The third kappa shape index (κ3) is 38.1. The monoisotopic (exact) mass is 737 g/mol. The zero-order chi connectivity index (χ0) is 38.3. The number of unbranched alkanes of at least 4 members (excludes halogenated alkanes) is 24. The summed E-state index contributed by atoms with van der Waals surface area (Å²) in [5.41, 5.74) is 0. The van der Waals surface area contributed by atoms with E-state index in [1.807, 2.05) is 0 Å². The molecular formula is C46H88O6. The Morgan fingerprint density at radius 1 is 0.404 bits per heavy atom. The third-order valence-electron chi connectivity index (χ3n) is 10.6. The van der Waals surface area contributed by atoms with Gasteiger partial charge in [0, 0.05) is 19.3 Å². The first-order chi connectivity index (χ1) is 25.3. The molecule has 0 radical (unpaired) electrons. The fourth-order valence-electron chi connectivity index (χ4n) is 6.72. The Bertz CT molecular complexity index is 796. The fraction of sp³-hybridized carbons (Fsp3) is 0.935. The molecule has 0 aromatic heterocycles. The summed E-state index contributed by atoms with van der Waals surface area (Å²) in [4.78, 5) is 37.4. The lowest BCUT2D eigenvalue weighted by Gasteiger charge is -2.18. The van der Waals surface area contributed by atoms with Gasteiger partial charge in [-0.2, -0.15) is 0 Å². The SMILES string of the molecule is CCCCCCCC(=O)OC[C@H](COC(=O)CCCCCCCCCCCCCCCCC(C)C)OC(=O)CCCCCCCCCCC(C)CC. The van der Waals surface area contributed by atoms with E-state index in [2.05, 4.69) is 34.6 Å². The maximum absolute atomic E-state index is 12.6. The number of ether oxygens (including phenoxy) is 3. The van der Waals surface area contributed by atoms with Crippen molar-refractivity contribution in [1.29, 1.82) is 0 Å². The molecule has 2 atom stereocenters. The van der Waals surface area contributed by atoms with E-state index in [-0.39, 0.29) is 31.1 Å². The number of carbonyl (C=O) groups is 3. The van der Waals surface area contributed by atoms with Gasteiger partial charge >= 0.3 is 17.9 Å². The topological polar surface area (TPSA) is 78.9 Å². The molecule has 1 unspecified atom stereocenters. The largest absolute Gasteiger partial charge is 0.462 e. The van der Waals surface area contributed by atoms with E-state index in [1.165, 1.54) is 128 Å². The number of carbonyl (C=O) groups excluding carboxylic acids is 3. The Hall–Kier alpha value is -1.59. The first-order valence-corrected chi connectivity index (χ1v) is 22.8. The molecule has 0 rings (SSSR count). The molecule has 0 saturated carbocycles. The van der Waals surface area contributed by atoms with E-state index in [9.17, 15) is 14.4 Å². The van der Waals surface area contributed by atoms with Crippen molar-refractivity contribution in [3.05, 3.63) is 0 Å². The van der Waals surface area contributed by atoms with Crippen LogP contribution >= 0.6 is 0 Å². The van der Waals surface area contributed by atoms with Crippen LogP contribution in [0.2, 0.25) is 0 Å². The van der Waals surface area contributed by atoms with Crippen molar-refractivity contribution < 1.29 is 28.6 Å². The Labute approximate surface area is 323 Å². The lowest BCUT2D eigenvalue weighted by Crippen LogP contribution is -2.30. The van der Waals surface area contributed by atoms with Gasteiger partial charge in [-0.05, 0) is 31.1 Å². The van der Waals surface area contributed by atoms with Gasteiger partial charge in [0.1, 0.15) is 13.2 Å². The number of hydrogen-bond donors (Lipinski definition) is 0. The predicted molar refractivity (Wildman–Crippen MR) is 220 cm³/mol. The van der Waals surface area contributed by atoms with Crippen molar-refractivity contribution in [1.82, 2.24) is 0 Å². The Balaban J connectivity index is 4.16. The molecule has 6 nitrogen and oxygen atoms in total. The molecule has 0 aliphatic rings. The van der Waals surface area contributed by atoms with Gasteiger partial charge in [-0.15, -0.1) is 0 Å². The van der Waals surface area contributed by atoms with Gasteiger partial charge in [0.25, 0.3) is 0 Å². The molecule has 0 N–H and O–H groups in total. The minimum atomic E-state index is -0.759. The quantitative estimate of drug-likeness (QED) is 0.0354. The maximum Gasteiger partial charge on any atom is 0.306 e. The van der Waals surface area contributed by atoms with Gasteiger partial charge < -0.3 is 14.2 Å². The Morgan fingerprint density at radius 3 is 1.10 bits per heavy atom. The van der Waals surface area contributed by atoms with E-state index in [1.54, 1.807) is 0 Å². The van der Waals surface area contributed by atoms with E-state index in [0.717, 1.165) is 76.0 Å². The van der Waals surface area contributed by atoms with E-state index in [4.69, 9.17) is 14.2 Å². The molecule has 6 heteroatoms. The van der Waals surface area contributed by atoms with Gasteiger partial charge in [0.2, 0.25) is 0 Å². The van der Waals surface area contributed by atoms with Gasteiger partial charge in [0.15, 0.2) is 6.10 Å². The zero-order valence-corrected chi connectivity index (χ0v) is 35.4. The predicted octanol–water partition coefficient (Wildman–Crippen LogP) is 14.2. The summed E-state index contributed by atoms with van der Waals surface area (Å²) >= 11 is 0. The smallest absolute Gasteiger partial charge is 0.306 e. The number of hydrogen-bond acceptors (Lipinski definition) is 6. The average molecular weight is 737 g/mol. The molecule has 0 aliphatic carbocycles. The second-order valence-electron chi connectivity index (χ2n) is 16.4. The first-order valence-electron chi connectivity index (χ1n) is 22.8. The molecule has 0 aliphatic heterocycles. The summed E-state index contributed by atoms with van der Waals surface area (Å²) in [5, 5.41) is 0. The lowest BCUT2D eigenvalue weighted by atomic mass is 9.99. The van der Waals surface area contributed by atoms with Crippen LogP contribution < -0.4 is 0 Å². The Kier molecular flexibility index (Phi) is 37.9. The molecule has 308 valence electrons. The van der Waals surface area contributed by atoms with Crippen LogP contribution in [0, 0.1) is 11.8 Å². The highest BCUT2D eigenvalue weighted by Crippen LogP contribution is 2.17. The highest BCUT2D eigenvalue weighted by molar-refractivity contribution is 5.71. The molecule has 0 fully saturated rings. The van der Waals surface area contributed by atoms with E-state index < -0.39 is 6.10 Å². The van der Waals surface area contributed by atoms with Gasteiger partial charge in [0.05, 0.1) is 0 Å². The third-order valence-corrected chi connectivity index (χ3v) is 10.6. The zero-order valence-electron chi connectivity index (χ0n) is 35.4. The second-order valence-corrected chi connectivity index (χ2v) is 16.4. The normalized spacial score (nSPS) is 12.6. The van der Waals surface area contributed by atoms with Crippen molar-refractivity contribution >= 4 is 17.9 Å². The highest BCUT2D eigenvalue weighted by Gasteiger charge is 2.19. The molecule has 0 heterocycles. The van der Waals surface area contributed by atoms with Crippen LogP contribution in [0.4, 0.5) is 0 Å². The summed E-state index contributed by atoms with van der Waals surface area (Å²) in [6, 6.07) is 0. The lowest BCUT2D eigenvalue weighted by molar-refractivity contribution is -0.167. The van der Waals surface area contributed by atoms with Crippen LogP contribution in [0.15, 0.2) is 0 Å². The van der Waals surface area contributed by atoms with Crippen LogP contribution in [0.5, 0.6) is 0 Å². The molecular weight excluding hydrogens is 649 g/mol. The summed E-state index contributed by atoms with van der Waals surface area (Å²) < 4.78 is 16.6. The molecule has 52 heavy (non-hydrogen) atoms. The van der Waals surface area contributed by atoms with Crippen molar-refractivity contribution in [2.75, 3.05) is 13.2 Å². The molecule has 0 aromatic carbocycles. The van der Waals surface area contributed by atoms with Gasteiger partial charge in [-0.1, -0.05) is 208 Å². The summed E-state index contributed by atoms with van der Waals surface area (Å²) in [7, 11) is 0. The van der Waals surface area contributed by atoms with Crippen molar-refractivity contribution in [3.8, 4) is 0 Å². The standard InChI is InChI=1S/C46H88O6/c1-6-8-9-24-31-36-44(47)50-39-43(52-46(49)38-33-28-23-19-18-21-26-30-35-42(5)7-2)40-51-45(48)37-32-27-22-17-15-13-11-10-12-14-16-20-25-29-34-41(3)4/h41-43H,6-40H2,1-5H3/t42?,43-/m1/s1. The molecule has 0 aromatic rings. The van der Waals surface area contributed by atoms with Crippen LogP contribution in [-0.4, -0.2) is 37.2 Å².